The SMILES string of the molecule is NC(=NCc1cc(CCc2ccc(-c3ccccc3)c(F)c2)no1)N1CCNCC1. The number of benzene rings is 2. The molecule has 1 aliphatic heterocycles. The van der Waals surface area contributed by atoms with Crippen molar-refractivity contribution in [2.75, 3.05) is 26.2 Å². The second-order valence-corrected chi connectivity index (χ2v) is 7.38. The summed E-state index contributed by atoms with van der Waals surface area (Å²) in [6.45, 7) is 3.90. The maximum atomic E-state index is 14.5. The van der Waals surface area contributed by atoms with Crippen molar-refractivity contribution in [2.45, 2.75) is 19.4 Å². The minimum absolute atomic E-state index is 0.211. The summed E-state index contributed by atoms with van der Waals surface area (Å²) in [7, 11) is 0. The number of guanidine groups is 1. The van der Waals surface area contributed by atoms with E-state index in [0.717, 1.165) is 43.0 Å². The summed E-state index contributed by atoms with van der Waals surface area (Å²) >= 11 is 0. The van der Waals surface area contributed by atoms with E-state index in [1.165, 1.54) is 0 Å². The number of aryl methyl sites for hydroxylation is 2. The van der Waals surface area contributed by atoms with Crippen molar-refractivity contribution in [3.63, 3.8) is 0 Å². The number of rotatable bonds is 6. The van der Waals surface area contributed by atoms with Gasteiger partial charge in [0.1, 0.15) is 12.4 Å². The second kappa shape index (κ2) is 9.54. The number of nitrogens with one attached hydrogen (secondary N) is 1. The Balaban J connectivity index is 1.32. The molecular formula is C23H26FN5O. The highest BCUT2D eigenvalue weighted by atomic mass is 19.1. The maximum Gasteiger partial charge on any atom is 0.191 e. The molecule has 1 saturated heterocycles. The number of piperazine rings is 1. The Morgan fingerprint density at radius 1 is 1.10 bits per heavy atom. The fraction of sp³-hybridized carbons (Fsp3) is 0.304. The summed E-state index contributed by atoms with van der Waals surface area (Å²) in [5.74, 6) is 0.995. The number of nitrogens with two attached hydrogens (primary N) is 1. The largest absolute Gasteiger partial charge is 0.370 e. The monoisotopic (exact) mass is 407 g/mol. The zero-order valence-corrected chi connectivity index (χ0v) is 16.9. The van der Waals surface area contributed by atoms with Crippen LogP contribution in [-0.4, -0.2) is 42.2 Å². The zero-order chi connectivity index (χ0) is 20.8. The van der Waals surface area contributed by atoms with Crippen molar-refractivity contribution in [3.8, 4) is 11.1 Å². The lowest BCUT2D eigenvalue weighted by Gasteiger charge is -2.28. The number of hydrogen-bond acceptors (Lipinski definition) is 4. The van der Waals surface area contributed by atoms with Crippen LogP contribution in [0.1, 0.15) is 17.0 Å². The van der Waals surface area contributed by atoms with Crippen LogP contribution in [-0.2, 0) is 19.4 Å². The Kier molecular flexibility index (Phi) is 6.39. The van der Waals surface area contributed by atoms with E-state index in [0.29, 0.717) is 36.7 Å². The van der Waals surface area contributed by atoms with Gasteiger partial charge in [-0.3, -0.25) is 0 Å². The summed E-state index contributed by atoms with van der Waals surface area (Å²) in [4.78, 5) is 6.47. The zero-order valence-electron chi connectivity index (χ0n) is 16.9. The van der Waals surface area contributed by atoms with Crippen LogP contribution in [0.3, 0.4) is 0 Å². The molecule has 0 aliphatic carbocycles. The molecule has 0 spiro atoms. The van der Waals surface area contributed by atoms with Crippen molar-refractivity contribution in [1.29, 1.82) is 0 Å². The number of aliphatic imine (C=N–C) groups is 1. The molecule has 0 bridgehead atoms. The van der Waals surface area contributed by atoms with E-state index in [1.807, 2.05) is 48.5 Å². The van der Waals surface area contributed by atoms with Gasteiger partial charge in [-0.05, 0) is 30.0 Å². The summed E-state index contributed by atoms with van der Waals surface area (Å²) in [5, 5.41) is 7.39. The van der Waals surface area contributed by atoms with Crippen LogP contribution in [0.15, 0.2) is 64.1 Å². The third-order valence-electron chi connectivity index (χ3n) is 5.23. The first-order valence-corrected chi connectivity index (χ1v) is 10.2. The highest BCUT2D eigenvalue weighted by Crippen LogP contribution is 2.24. The van der Waals surface area contributed by atoms with Gasteiger partial charge in [0.2, 0.25) is 0 Å². The van der Waals surface area contributed by atoms with Gasteiger partial charge in [-0.15, -0.1) is 0 Å². The number of hydrogen-bond donors (Lipinski definition) is 2. The van der Waals surface area contributed by atoms with E-state index in [2.05, 4.69) is 20.4 Å². The van der Waals surface area contributed by atoms with Gasteiger partial charge in [0.15, 0.2) is 11.7 Å². The first-order valence-electron chi connectivity index (χ1n) is 10.2. The molecule has 1 fully saturated rings. The van der Waals surface area contributed by atoms with Crippen LogP contribution in [0.25, 0.3) is 11.1 Å². The van der Waals surface area contributed by atoms with Crippen molar-refractivity contribution in [3.05, 3.63) is 77.4 Å². The van der Waals surface area contributed by atoms with E-state index in [-0.39, 0.29) is 5.82 Å². The molecule has 0 saturated carbocycles. The van der Waals surface area contributed by atoms with Crippen LogP contribution in [0.4, 0.5) is 4.39 Å². The van der Waals surface area contributed by atoms with Crippen LogP contribution < -0.4 is 11.1 Å². The van der Waals surface area contributed by atoms with E-state index in [9.17, 15) is 4.39 Å². The molecule has 156 valence electrons. The van der Waals surface area contributed by atoms with Gasteiger partial charge in [0.25, 0.3) is 0 Å². The molecule has 4 rings (SSSR count). The average molecular weight is 407 g/mol. The van der Waals surface area contributed by atoms with Crippen molar-refractivity contribution in [2.24, 2.45) is 10.7 Å². The number of halogens is 1. The molecule has 1 aliphatic rings. The molecule has 2 aromatic carbocycles. The van der Waals surface area contributed by atoms with Crippen LogP contribution >= 0.6 is 0 Å². The molecule has 7 heteroatoms. The Morgan fingerprint density at radius 3 is 2.67 bits per heavy atom. The van der Waals surface area contributed by atoms with Gasteiger partial charge in [-0.2, -0.15) is 0 Å². The minimum atomic E-state index is -0.211. The minimum Gasteiger partial charge on any atom is -0.370 e. The lowest BCUT2D eigenvalue weighted by atomic mass is 10.0. The van der Waals surface area contributed by atoms with Gasteiger partial charge >= 0.3 is 0 Å². The number of nitrogens with zero attached hydrogens (tertiary/aromatic N) is 3. The standard InChI is InChI=1S/C23H26FN5O/c24-22-14-17(7-9-21(22)18-4-2-1-3-5-18)6-8-19-15-20(30-28-19)16-27-23(25)29-12-10-26-11-13-29/h1-5,7,9,14-15,26H,6,8,10-13,16H2,(H2,25,27). The summed E-state index contributed by atoms with van der Waals surface area (Å²) in [6.07, 6.45) is 1.36. The Hall–Kier alpha value is -3.19. The molecule has 0 unspecified atom stereocenters. The average Bonchev–Trinajstić information content (AvgIpc) is 3.25. The van der Waals surface area contributed by atoms with Gasteiger partial charge < -0.3 is 20.5 Å². The van der Waals surface area contributed by atoms with Gasteiger partial charge in [-0.1, -0.05) is 47.6 Å². The van der Waals surface area contributed by atoms with Crippen LogP contribution in [0.5, 0.6) is 0 Å². The topological polar surface area (TPSA) is 79.7 Å². The Morgan fingerprint density at radius 2 is 1.90 bits per heavy atom. The lowest BCUT2D eigenvalue weighted by Crippen LogP contribution is -2.49. The van der Waals surface area contributed by atoms with Crippen molar-refractivity contribution < 1.29 is 8.91 Å². The smallest absolute Gasteiger partial charge is 0.191 e. The first kappa shape index (κ1) is 20.1. The quantitative estimate of drug-likeness (QED) is 0.485. The molecule has 3 N–H and O–H groups in total. The van der Waals surface area contributed by atoms with Crippen molar-refractivity contribution in [1.82, 2.24) is 15.4 Å². The fourth-order valence-corrected chi connectivity index (χ4v) is 3.54. The van der Waals surface area contributed by atoms with Crippen molar-refractivity contribution >= 4 is 5.96 Å². The molecule has 3 aromatic rings. The van der Waals surface area contributed by atoms with E-state index in [1.54, 1.807) is 6.07 Å². The highest BCUT2D eigenvalue weighted by Gasteiger charge is 2.12. The normalized spacial score (nSPS) is 14.8. The molecular weight excluding hydrogens is 381 g/mol. The van der Waals surface area contributed by atoms with E-state index < -0.39 is 0 Å². The molecule has 0 radical (unpaired) electrons. The fourth-order valence-electron chi connectivity index (χ4n) is 3.54. The number of aromatic nitrogens is 1. The Labute approximate surface area is 175 Å². The first-order chi connectivity index (χ1) is 14.7. The predicted octanol–water partition coefficient (Wildman–Crippen LogP) is 2.99. The van der Waals surface area contributed by atoms with Gasteiger partial charge in [0.05, 0.1) is 5.69 Å². The summed E-state index contributed by atoms with van der Waals surface area (Å²) < 4.78 is 19.9. The molecule has 6 nitrogen and oxygen atoms in total. The highest BCUT2D eigenvalue weighted by molar-refractivity contribution is 5.78. The molecule has 30 heavy (non-hydrogen) atoms. The lowest BCUT2D eigenvalue weighted by molar-refractivity contribution is 0.350. The van der Waals surface area contributed by atoms with Crippen LogP contribution in [0, 0.1) is 5.82 Å². The van der Waals surface area contributed by atoms with Crippen LogP contribution in [0.2, 0.25) is 0 Å². The maximum absolute atomic E-state index is 14.5. The van der Waals surface area contributed by atoms with Gasteiger partial charge in [0, 0.05) is 37.8 Å². The third-order valence-corrected chi connectivity index (χ3v) is 5.23. The molecule has 2 heterocycles. The molecule has 0 amide bonds. The van der Waals surface area contributed by atoms with Gasteiger partial charge in [-0.25, -0.2) is 9.38 Å². The van der Waals surface area contributed by atoms with E-state index >= 15 is 0 Å². The molecule has 0 atom stereocenters. The predicted molar refractivity (Wildman–Crippen MR) is 116 cm³/mol. The third kappa shape index (κ3) is 5.04. The second-order valence-electron chi connectivity index (χ2n) is 7.38. The van der Waals surface area contributed by atoms with E-state index in [4.69, 9.17) is 10.3 Å². The Bertz CT molecular complexity index is 996. The summed E-state index contributed by atoms with van der Waals surface area (Å²) in [5.41, 5.74) is 9.30. The summed E-state index contributed by atoms with van der Waals surface area (Å²) in [6, 6.07) is 16.8. The molecule has 1 aromatic heterocycles.